The normalized spacial score (nSPS) is 10.2. The lowest BCUT2D eigenvalue weighted by Gasteiger charge is -2.25. The fourth-order valence-electron chi connectivity index (χ4n) is 2.55. The second kappa shape index (κ2) is 9.56. The van der Waals surface area contributed by atoms with Crippen LogP contribution >= 0.6 is 0 Å². The van der Waals surface area contributed by atoms with Crippen LogP contribution in [0.4, 0.5) is 15.8 Å². The Labute approximate surface area is 158 Å². The van der Waals surface area contributed by atoms with Gasteiger partial charge < -0.3 is 19.9 Å². The maximum atomic E-state index is 13.4. The molecule has 0 unspecified atom stereocenters. The SMILES string of the molecule is CCN(CC(=O)N(C)CC(=O)Nc1cccc(OC)c1)c1cccc(F)c1. The lowest BCUT2D eigenvalue weighted by Crippen LogP contribution is -2.41. The van der Waals surface area contributed by atoms with Crippen LogP contribution in [0.2, 0.25) is 0 Å². The quantitative estimate of drug-likeness (QED) is 0.773. The summed E-state index contributed by atoms with van der Waals surface area (Å²) in [7, 11) is 3.11. The minimum atomic E-state index is -0.357. The number of carbonyl (C=O) groups is 2. The first-order valence-corrected chi connectivity index (χ1v) is 8.61. The van der Waals surface area contributed by atoms with Crippen molar-refractivity contribution in [3.8, 4) is 5.75 Å². The second-order valence-corrected chi connectivity index (χ2v) is 6.02. The average Bonchev–Trinajstić information content (AvgIpc) is 2.65. The fourth-order valence-corrected chi connectivity index (χ4v) is 2.55. The third-order valence-corrected chi connectivity index (χ3v) is 4.04. The van der Waals surface area contributed by atoms with Crippen LogP contribution in [0.3, 0.4) is 0 Å². The van der Waals surface area contributed by atoms with E-state index in [2.05, 4.69) is 5.32 Å². The smallest absolute Gasteiger partial charge is 0.243 e. The molecule has 0 saturated heterocycles. The van der Waals surface area contributed by atoms with Crippen molar-refractivity contribution in [1.29, 1.82) is 0 Å². The second-order valence-electron chi connectivity index (χ2n) is 6.02. The molecule has 2 rings (SSSR count). The number of methoxy groups -OCH3 is 1. The molecule has 0 fully saturated rings. The van der Waals surface area contributed by atoms with Crippen molar-refractivity contribution >= 4 is 23.2 Å². The number of nitrogens with zero attached hydrogens (tertiary/aromatic N) is 2. The summed E-state index contributed by atoms with van der Waals surface area (Å²) in [4.78, 5) is 27.7. The van der Waals surface area contributed by atoms with Gasteiger partial charge in [0.1, 0.15) is 11.6 Å². The van der Waals surface area contributed by atoms with Crippen molar-refractivity contribution in [2.24, 2.45) is 0 Å². The predicted octanol–water partition coefficient (Wildman–Crippen LogP) is 2.76. The van der Waals surface area contributed by atoms with Crippen molar-refractivity contribution in [3.63, 3.8) is 0 Å². The van der Waals surface area contributed by atoms with Gasteiger partial charge in [0.15, 0.2) is 0 Å². The van der Waals surface area contributed by atoms with E-state index in [-0.39, 0.29) is 30.7 Å². The molecule has 0 aromatic heterocycles. The number of ether oxygens (including phenoxy) is 1. The Bertz CT molecular complexity index is 798. The lowest BCUT2D eigenvalue weighted by molar-refractivity contribution is -0.132. The Morgan fingerprint density at radius 1 is 1.11 bits per heavy atom. The molecule has 0 bridgehead atoms. The van der Waals surface area contributed by atoms with Gasteiger partial charge in [-0.15, -0.1) is 0 Å². The molecule has 27 heavy (non-hydrogen) atoms. The maximum Gasteiger partial charge on any atom is 0.243 e. The third kappa shape index (κ3) is 5.99. The highest BCUT2D eigenvalue weighted by atomic mass is 19.1. The van der Waals surface area contributed by atoms with Crippen LogP contribution < -0.4 is 15.0 Å². The highest BCUT2D eigenvalue weighted by Crippen LogP contribution is 2.17. The van der Waals surface area contributed by atoms with Crippen molar-refractivity contribution < 1.29 is 18.7 Å². The molecule has 1 N–H and O–H groups in total. The number of benzene rings is 2. The first-order chi connectivity index (χ1) is 12.9. The van der Waals surface area contributed by atoms with Crippen molar-refractivity contribution in [2.45, 2.75) is 6.92 Å². The van der Waals surface area contributed by atoms with Crippen LogP contribution in [0.15, 0.2) is 48.5 Å². The average molecular weight is 373 g/mol. The van der Waals surface area contributed by atoms with Crippen LogP contribution in [0.1, 0.15) is 6.92 Å². The maximum absolute atomic E-state index is 13.4. The van der Waals surface area contributed by atoms with Gasteiger partial charge in [-0.2, -0.15) is 0 Å². The van der Waals surface area contributed by atoms with E-state index in [0.717, 1.165) is 0 Å². The lowest BCUT2D eigenvalue weighted by atomic mass is 10.2. The zero-order valence-electron chi connectivity index (χ0n) is 15.7. The molecule has 2 amide bonds. The number of hydrogen-bond acceptors (Lipinski definition) is 4. The summed E-state index contributed by atoms with van der Waals surface area (Å²) in [5, 5.41) is 2.73. The minimum absolute atomic E-state index is 0.0584. The summed E-state index contributed by atoms with van der Waals surface area (Å²) < 4.78 is 18.5. The molecule has 0 heterocycles. The summed E-state index contributed by atoms with van der Waals surface area (Å²) >= 11 is 0. The fraction of sp³-hybridized carbons (Fsp3) is 0.300. The van der Waals surface area contributed by atoms with E-state index >= 15 is 0 Å². The standard InChI is InChI=1S/C20H24FN3O3/c1-4-24(17-9-5-7-15(21)11-17)14-20(26)23(2)13-19(25)22-16-8-6-10-18(12-16)27-3/h5-12H,4,13-14H2,1-3H3,(H,22,25). The van der Waals surface area contributed by atoms with Crippen molar-refractivity contribution in [3.05, 3.63) is 54.3 Å². The van der Waals surface area contributed by atoms with Crippen LogP contribution in [0, 0.1) is 5.82 Å². The summed E-state index contributed by atoms with van der Waals surface area (Å²) in [5.41, 5.74) is 1.22. The largest absolute Gasteiger partial charge is 0.497 e. The summed E-state index contributed by atoms with van der Waals surface area (Å²) in [5.74, 6) is -0.273. The monoisotopic (exact) mass is 373 g/mol. The molecule has 2 aromatic carbocycles. The number of nitrogens with one attached hydrogen (secondary N) is 1. The third-order valence-electron chi connectivity index (χ3n) is 4.04. The van der Waals surface area contributed by atoms with Gasteiger partial charge in [0.2, 0.25) is 11.8 Å². The van der Waals surface area contributed by atoms with Crippen LogP contribution in [0.25, 0.3) is 0 Å². The Morgan fingerprint density at radius 3 is 2.52 bits per heavy atom. The van der Waals surface area contributed by atoms with Crippen LogP contribution in [-0.2, 0) is 9.59 Å². The first kappa shape index (κ1) is 20.2. The Balaban J connectivity index is 1.92. The van der Waals surface area contributed by atoms with E-state index in [4.69, 9.17) is 4.74 Å². The molecule has 0 saturated carbocycles. The highest BCUT2D eigenvalue weighted by molar-refractivity contribution is 5.95. The number of hydrogen-bond donors (Lipinski definition) is 1. The van der Waals surface area contributed by atoms with Crippen molar-refractivity contribution in [2.75, 3.05) is 44.0 Å². The molecule has 0 aliphatic heterocycles. The Morgan fingerprint density at radius 2 is 1.85 bits per heavy atom. The minimum Gasteiger partial charge on any atom is -0.497 e. The molecule has 144 valence electrons. The number of amides is 2. The first-order valence-electron chi connectivity index (χ1n) is 8.61. The van der Waals surface area contributed by atoms with Crippen LogP contribution in [-0.4, -0.2) is 50.5 Å². The summed E-state index contributed by atoms with van der Waals surface area (Å²) in [6, 6.07) is 13.1. The van der Waals surface area contributed by atoms with Gasteiger partial charge in [-0.05, 0) is 37.3 Å². The molecule has 0 radical (unpaired) electrons. The van der Waals surface area contributed by atoms with E-state index in [1.54, 1.807) is 55.5 Å². The highest BCUT2D eigenvalue weighted by Gasteiger charge is 2.17. The van der Waals surface area contributed by atoms with E-state index in [1.165, 1.54) is 17.0 Å². The van der Waals surface area contributed by atoms with E-state index in [0.29, 0.717) is 23.7 Å². The Kier molecular flexibility index (Phi) is 7.16. The van der Waals surface area contributed by atoms with Gasteiger partial charge in [0, 0.05) is 31.0 Å². The number of rotatable bonds is 8. The molecular formula is C20H24FN3O3. The molecule has 7 heteroatoms. The van der Waals surface area contributed by atoms with Gasteiger partial charge in [-0.3, -0.25) is 9.59 Å². The van der Waals surface area contributed by atoms with Gasteiger partial charge >= 0.3 is 0 Å². The summed E-state index contributed by atoms with van der Waals surface area (Å²) in [6.45, 7) is 2.40. The van der Waals surface area contributed by atoms with Gasteiger partial charge in [-0.25, -0.2) is 4.39 Å². The van der Waals surface area contributed by atoms with Crippen LogP contribution in [0.5, 0.6) is 5.75 Å². The van der Waals surface area contributed by atoms with Gasteiger partial charge in [0.25, 0.3) is 0 Å². The van der Waals surface area contributed by atoms with Gasteiger partial charge in [0.05, 0.1) is 20.2 Å². The van der Waals surface area contributed by atoms with E-state index in [9.17, 15) is 14.0 Å². The van der Waals surface area contributed by atoms with E-state index in [1.807, 2.05) is 6.92 Å². The Hall–Kier alpha value is -3.09. The molecular weight excluding hydrogens is 349 g/mol. The van der Waals surface area contributed by atoms with Crippen molar-refractivity contribution in [1.82, 2.24) is 4.90 Å². The molecule has 0 atom stereocenters. The topological polar surface area (TPSA) is 61.9 Å². The number of anilines is 2. The van der Waals surface area contributed by atoms with E-state index < -0.39 is 0 Å². The number of carbonyl (C=O) groups excluding carboxylic acids is 2. The molecule has 6 nitrogen and oxygen atoms in total. The predicted molar refractivity (Wildman–Crippen MR) is 104 cm³/mol. The van der Waals surface area contributed by atoms with Gasteiger partial charge in [-0.1, -0.05) is 12.1 Å². The number of likely N-dealkylation sites (N-methyl/N-ethyl adjacent to an activating group) is 2. The molecule has 0 aliphatic rings. The molecule has 0 spiro atoms. The molecule has 0 aliphatic carbocycles. The summed E-state index contributed by atoms with van der Waals surface area (Å²) in [6.07, 6.45) is 0. The molecule has 2 aromatic rings. The zero-order valence-corrected chi connectivity index (χ0v) is 15.7. The number of halogens is 1. The zero-order chi connectivity index (χ0) is 19.8.